The minimum Gasteiger partial charge on any atom is -0.298 e. The zero-order valence-corrected chi connectivity index (χ0v) is 14.1. The van der Waals surface area contributed by atoms with Gasteiger partial charge in [-0.2, -0.15) is 0 Å². The van der Waals surface area contributed by atoms with Gasteiger partial charge < -0.3 is 0 Å². The zero-order valence-electron chi connectivity index (χ0n) is 11.7. The molecule has 3 nitrogen and oxygen atoms in total. The van der Waals surface area contributed by atoms with Gasteiger partial charge in [-0.25, -0.2) is 0 Å². The molecule has 1 aliphatic rings. The lowest BCUT2D eigenvalue weighted by molar-refractivity contribution is -0.113. The number of carbonyl (C=O) groups is 2. The van der Waals surface area contributed by atoms with E-state index in [-0.39, 0.29) is 5.91 Å². The lowest BCUT2D eigenvalue weighted by Crippen LogP contribution is -2.27. The molecule has 0 unspecified atom stereocenters. The molecule has 1 fully saturated rings. The van der Waals surface area contributed by atoms with Crippen molar-refractivity contribution in [3.63, 3.8) is 0 Å². The first-order chi connectivity index (χ1) is 11.1. The van der Waals surface area contributed by atoms with Crippen LogP contribution in [0.4, 0.5) is 5.69 Å². The van der Waals surface area contributed by atoms with Crippen molar-refractivity contribution in [2.45, 2.75) is 0 Å². The third kappa shape index (κ3) is 3.37. The van der Waals surface area contributed by atoms with Gasteiger partial charge in [-0.3, -0.25) is 14.5 Å². The normalized spacial score (nSPS) is 16.2. The summed E-state index contributed by atoms with van der Waals surface area (Å²) < 4.78 is 0.466. The zero-order chi connectivity index (χ0) is 16.4. The number of thiocarbonyl (C=S) groups is 1. The van der Waals surface area contributed by atoms with Crippen LogP contribution in [0, 0.1) is 0 Å². The molecular formula is C17H10ClNO2S2. The summed E-state index contributed by atoms with van der Waals surface area (Å²) in [7, 11) is 0. The molecule has 0 aliphatic carbocycles. The van der Waals surface area contributed by atoms with Crippen molar-refractivity contribution < 1.29 is 9.59 Å². The number of benzene rings is 2. The lowest BCUT2D eigenvalue weighted by atomic mass is 10.1. The first-order valence-electron chi connectivity index (χ1n) is 6.67. The van der Waals surface area contributed by atoms with Gasteiger partial charge in [-0.1, -0.05) is 65.9 Å². The van der Waals surface area contributed by atoms with Gasteiger partial charge in [0, 0.05) is 10.6 Å². The van der Waals surface area contributed by atoms with Crippen molar-refractivity contribution >= 4 is 63.9 Å². The first-order valence-corrected chi connectivity index (χ1v) is 8.27. The van der Waals surface area contributed by atoms with E-state index >= 15 is 0 Å². The maximum atomic E-state index is 12.6. The topological polar surface area (TPSA) is 37.4 Å². The Kier molecular flexibility index (Phi) is 4.61. The Morgan fingerprint density at radius 2 is 1.78 bits per heavy atom. The third-order valence-electron chi connectivity index (χ3n) is 3.23. The van der Waals surface area contributed by atoms with Crippen LogP contribution in [0.15, 0.2) is 53.4 Å². The minimum atomic E-state index is -0.179. The van der Waals surface area contributed by atoms with Crippen LogP contribution in [0.25, 0.3) is 6.08 Å². The van der Waals surface area contributed by atoms with Gasteiger partial charge >= 0.3 is 0 Å². The molecule has 23 heavy (non-hydrogen) atoms. The van der Waals surface area contributed by atoms with E-state index in [0.29, 0.717) is 25.5 Å². The van der Waals surface area contributed by atoms with Gasteiger partial charge in [0.2, 0.25) is 0 Å². The fraction of sp³-hybridized carbons (Fsp3) is 0. The summed E-state index contributed by atoms with van der Waals surface area (Å²) in [6.45, 7) is 0. The molecule has 3 rings (SSSR count). The Bertz CT molecular complexity index is 831. The average Bonchev–Trinajstić information content (AvgIpc) is 2.82. The smallest absolute Gasteiger partial charge is 0.270 e. The summed E-state index contributed by atoms with van der Waals surface area (Å²) in [6, 6.07) is 14.0. The first kappa shape index (κ1) is 15.9. The summed E-state index contributed by atoms with van der Waals surface area (Å²) in [4.78, 5) is 25.3. The van der Waals surface area contributed by atoms with Gasteiger partial charge in [0.1, 0.15) is 6.29 Å². The minimum absolute atomic E-state index is 0.179. The molecule has 0 spiro atoms. The van der Waals surface area contributed by atoms with Gasteiger partial charge in [0.05, 0.1) is 10.6 Å². The molecule has 0 atom stereocenters. The second-order valence-electron chi connectivity index (χ2n) is 4.78. The number of carbonyl (C=O) groups excluding carboxylic acids is 2. The van der Waals surface area contributed by atoms with Crippen LogP contribution >= 0.6 is 35.6 Å². The maximum Gasteiger partial charge on any atom is 0.270 e. The van der Waals surface area contributed by atoms with E-state index in [1.807, 2.05) is 0 Å². The molecule has 1 heterocycles. The summed E-state index contributed by atoms with van der Waals surface area (Å²) in [5.74, 6) is -0.179. The van der Waals surface area contributed by atoms with Crippen LogP contribution in [0.5, 0.6) is 0 Å². The summed E-state index contributed by atoms with van der Waals surface area (Å²) in [6.07, 6.45) is 2.54. The Balaban J connectivity index is 1.91. The predicted octanol–water partition coefficient (Wildman–Crippen LogP) is 4.56. The number of thioether (sulfide) groups is 1. The van der Waals surface area contributed by atoms with Crippen LogP contribution in [0.2, 0.25) is 5.02 Å². The van der Waals surface area contributed by atoms with Gasteiger partial charge in [-0.05, 0) is 29.8 Å². The molecule has 0 N–H and O–H groups in total. The number of nitrogens with zero attached hydrogens (tertiary/aromatic N) is 1. The molecule has 1 aliphatic heterocycles. The Hall–Kier alpha value is -1.95. The highest BCUT2D eigenvalue weighted by Crippen LogP contribution is 2.36. The van der Waals surface area contributed by atoms with Crippen LogP contribution in [0.1, 0.15) is 15.9 Å². The van der Waals surface area contributed by atoms with E-state index in [4.69, 9.17) is 23.8 Å². The average molecular weight is 360 g/mol. The van der Waals surface area contributed by atoms with Crippen molar-refractivity contribution in [2.75, 3.05) is 4.90 Å². The van der Waals surface area contributed by atoms with E-state index in [1.165, 1.54) is 16.7 Å². The number of aldehydes is 1. The monoisotopic (exact) mass is 359 g/mol. The van der Waals surface area contributed by atoms with Crippen LogP contribution in [0.3, 0.4) is 0 Å². The van der Waals surface area contributed by atoms with E-state index in [2.05, 4.69) is 0 Å². The standard InChI is InChI=1S/C17H10ClNO2S2/c18-13-2-1-3-14(9-13)19-16(21)15(23-17(19)22)8-11-4-6-12(10-20)7-5-11/h1-10H. The molecule has 1 amide bonds. The molecular weight excluding hydrogens is 350 g/mol. The van der Waals surface area contributed by atoms with Crippen LogP contribution in [-0.4, -0.2) is 16.5 Å². The predicted molar refractivity (Wildman–Crippen MR) is 98.9 cm³/mol. The van der Waals surface area contributed by atoms with Crippen molar-refractivity contribution in [1.82, 2.24) is 0 Å². The van der Waals surface area contributed by atoms with Crippen LogP contribution < -0.4 is 4.90 Å². The molecule has 0 radical (unpaired) electrons. The highest BCUT2D eigenvalue weighted by atomic mass is 35.5. The van der Waals surface area contributed by atoms with E-state index in [9.17, 15) is 9.59 Å². The molecule has 0 aromatic heterocycles. The van der Waals surface area contributed by atoms with Gasteiger partial charge in [-0.15, -0.1) is 0 Å². The van der Waals surface area contributed by atoms with Crippen LogP contribution in [-0.2, 0) is 4.79 Å². The highest BCUT2D eigenvalue weighted by Gasteiger charge is 2.33. The third-order valence-corrected chi connectivity index (χ3v) is 4.77. The van der Waals surface area contributed by atoms with Gasteiger partial charge in [0.15, 0.2) is 4.32 Å². The van der Waals surface area contributed by atoms with E-state index < -0.39 is 0 Å². The van der Waals surface area contributed by atoms with Crippen molar-refractivity contribution in [3.05, 3.63) is 69.6 Å². The van der Waals surface area contributed by atoms with Gasteiger partial charge in [0.25, 0.3) is 5.91 Å². The highest BCUT2D eigenvalue weighted by molar-refractivity contribution is 8.27. The Morgan fingerprint density at radius 1 is 1.09 bits per heavy atom. The largest absolute Gasteiger partial charge is 0.298 e. The number of anilines is 1. The maximum absolute atomic E-state index is 12.6. The Morgan fingerprint density at radius 3 is 2.43 bits per heavy atom. The Labute approximate surface area is 147 Å². The number of hydrogen-bond donors (Lipinski definition) is 0. The number of amides is 1. The molecule has 2 aromatic rings. The summed E-state index contributed by atoms with van der Waals surface area (Å²) in [5, 5.41) is 0.546. The molecule has 114 valence electrons. The second-order valence-corrected chi connectivity index (χ2v) is 6.89. The number of rotatable bonds is 3. The van der Waals surface area contributed by atoms with Crippen molar-refractivity contribution in [2.24, 2.45) is 0 Å². The summed E-state index contributed by atoms with van der Waals surface area (Å²) >= 11 is 12.5. The number of halogens is 1. The SMILES string of the molecule is O=Cc1ccc(C=C2SC(=S)N(c3cccc(Cl)c3)C2=O)cc1. The molecule has 6 heteroatoms. The fourth-order valence-corrected chi connectivity index (χ4v) is 3.61. The molecule has 1 saturated heterocycles. The molecule has 0 saturated carbocycles. The lowest BCUT2D eigenvalue weighted by Gasteiger charge is -2.14. The number of hydrogen-bond acceptors (Lipinski definition) is 4. The second kappa shape index (κ2) is 6.66. The summed E-state index contributed by atoms with van der Waals surface area (Å²) in [5.41, 5.74) is 2.08. The fourth-order valence-electron chi connectivity index (χ4n) is 2.13. The van der Waals surface area contributed by atoms with E-state index in [1.54, 1.807) is 54.6 Å². The molecule has 2 aromatic carbocycles. The quantitative estimate of drug-likeness (QED) is 0.457. The van der Waals surface area contributed by atoms with Crippen molar-refractivity contribution in [3.8, 4) is 0 Å². The van der Waals surface area contributed by atoms with E-state index in [0.717, 1.165) is 11.8 Å². The molecule has 0 bridgehead atoms. The van der Waals surface area contributed by atoms with Crippen molar-refractivity contribution in [1.29, 1.82) is 0 Å².